The van der Waals surface area contributed by atoms with Crippen LogP contribution in [0.5, 0.6) is 0 Å². The molecule has 6 nitrogen and oxygen atoms in total. The van der Waals surface area contributed by atoms with Gasteiger partial charge in [-0.25, -0.2) is 17.8 Å². The van der Waals surface area contributed by atoms with Crippen LogP contribution in [0.4, 0.5) is 9.52 Å². The van der Waals surface area contributed by atoms with E-state index in [1.165, 1.54) is 35.2 Å². The van der Waals surface area contributed by atoms with Gasteiger partial charge in [-0.05, 0) is 50.5 Å². The lowest BCUT2D eigenvalue weighted by molar-refractivity contribution is -0.116. The molecule has 154 valence electrons. The Morgan fingerprint density at radius 3 is 2.45 bits per heavy atom. The molecule has 0 saturated heterocycles. The average Bonchev–Trinajstić information content (AvgIpc) is 3.07. The molecule has 1 heterocycles. The van der Waals surface area contributed by atoms with Crippen molar-refractivity contribution in [2.75, 3.05) is 37.8 Å². The maximum Gasteiger partial charge on any atom is 0.244 e. The molecule has 0 spiro atoms. The van der Waals surface area contributed by atoms with Crippen LogP contribution in [0.3, 0.4) is 0 Å². The number of thiazole rings is 1. The summed E-state index contributed by atoms with van der Waals surface area (Å²) in [7, 11) is -0.190. The molecular formula is C19H19ClFN3O3S2. The predicted octanol–water partition coefficient (Wildman–Crippen LogP) is 3.46. The van der Waals surface area contributed by atoms with E-state index in [9.17, 15) is 17.6 Å². The van der Waals surface area contributed by atoms with Crippen LogP contribution in [0, 0.1) is 5.82 Å². The third-order valence-electron chi connectivity index (χ3n) is 4.15. The number of amides is 1. The molecule has 0 aliphatic heterocycles. The molecule has 10 heteroatoms. The van der Waals surface area contributed by atoms with E-state index in [0.717, 1.165) is 11.3 Å². The minimum absolute atomic E-state index is 0.0122. The molecule has 0 radical (unpaired) electrons. The van der Waals surface area contributed by atoms with Gasteiger partial charge in [0.25, 0.3) is 0 Å². The first-order valence-corrected chi connectivity index (χ1v) is 11.5. The van der Waals surface area contributed by atoms with Crippen molar-refractivity contribution in [2.45, 2.75) is 4.90 Å². The minimum atomic E-state index is -3.87. The molecule has 29 heavy (non-hydrogen) atoms. The van der Waals surface area contributed by atoms with Gasteiger partial charge in [-0.2, -0.15) is 0 Å². The van der Waals surface area contributed by atoms with Crippen LogP contribution in [0.15, 0.2) is 47.4 Å². The number of nitrogens with zero attached hydrogens (tertiary/aromatic N) is 3. The van der Waals surface area contributed by atoms with E-state index in [0.29, 0.717) is 16.3 Å². The number of para-hydroxylation sites is 1. The summed E-state index contributed by atoms with van der Waals surface area (Å²) in [6.07, 6.45) is 0. The van der Waals surface area contributed by atoms with Gasteiger partial charge in [0.15, 0.2) is 15.0 Å². The number of hydrogen-bond donors (Lipinski definition) is 0. The molecule has 1 amide bonds. The lowest BCUT2D eigenvalue weighted by Gasteiger charge is -2.22. The Bertz CT molecular complexity index is 1130. The molecule has 0 aliphatic carbocycles. The average molecular weight is 456 g/mol. The number of benzene rings is 2. The molecule has 0 aliphatic rings. The highest BCUT2D eigenvalue weighted by Crippen LogP contribution is 2.30. The van der Waals surface area contributed by atoms with E-state index >= 15 is 0 Å². The first-order chi connectivity index (χ1) is 13.7. The normalized spacial score (nSPS) is 11.9. The summed E-state index contributed by atoms with van der Waals surface area (Å²) in [5, 5.41) is 0.669. The van der Waals surface area contributed by atoms with Crippen molar-refractivity contribution in [3.8, 4) is 0 Å². The van der Waals surface area contributed by atoms with Crippen LogP contribution in [0.2, 0.25) is 5.02 Å². The molecule has 3 aromatic rings. The SMILES string of the molecule is CN(C)CCN(C(=O)CS(=O)(=O)c1ccc(Cl)cc1)c1nc2c(F)cccc2s1. The quantitative estimate of drug-likeness (QED) is 0.545. The van der Waals surface area contributed by atoms with Gasteiger partial charge < -0.3 is 4.90 Å². The van der Waals surface area contributed by atoms with Gasteiger partial charge in [0.1, 0.15) is 17.1 Å². The van der Waals surface area contributed by atoms with Crippen LogP contribution >= 0.6 is 22.9 Å². The van der Waals surface area contributed by atoms with Crippen molar-refractivity contribution in [1.82, 2.24) is 9.88 Å². The summed E-state index contributed by atoms with van der Waals surface area (Å²) < 4.78 is 40.0. The number of likely N-dealkylation sites (N-methyl/N-ethyl adjacent to an activating group) is 1. The second-order valence-electron chi connectivity index (χ2n) is 6.64. The maximum atomic E-state index is 14.0. The molecule has 0 saturated carbocycles. The molecule has 0 bridgehead atoms. The fraction of sp³-hybridized carbons (Fsp3) is 0.263. The van der Waals surface area contributed by atoms with Gasteiger partial charge in [0, 0.05) is 18.1 Å². The zero-order valence-electron chi connectivity index (χ0n) is 15.8. The summed E-state index contributed by atoms with van der Waals surface area (Å²) in [6, 6.07) is 10.2. The highest BCUT2D eigenvalue weighted by molar-refractivity contribution is 7.92. The zero-order chi connectivity index (χ0) is 21.2. The van der Waals surface area contributed by atoms with Crippen molar-refractivity contribution in [2.24, 2.45) is 0 Å². The zero-order valence-corrected chi connectivity index (χ0v) is 18.2. The van der Waals surface area contributed by atoms with E-state index in [2.05, 4.69) is 4.98 Å². The number of anilines is 1. The monoisotopic (exact) mass is 455 g/mol. The summed E-state index contributed by atoms with van der Waals surface area (Å²) >= 11 is 6.95. The second-order valence-corrected chi connectivity index (χ2v) is 10.1. The molecular weight excluding hydrogens is 437 g/mol. The van der Waals surface area contributed by atoms with Crippen molar-refractivity contribution in [3.05, 3.63) is 53.3 Å². The van der Waals surface area contributed by atoms with Crippen molar-refractivity contribution >= 4 is 54.0 Å². The van der Waals surface area contributed by atoms with Crippen LogP contribution in [-0.4, -0.2) is 57.1 Å². The van der Waals surface area contributed by atoms with Gasteiger partial charge >= 0.3 is 0 Å². The van der Waals surface area contributed by atoms with Crippen molar-refractivity contribution in [1.29, 1.82) is 0 Å². The smallest absolute Gasteiger partial charge is 0.244 e. The van der Waals surface area contributed by atoms with Crippen LogP contribution in [-0.2, 0) is 14.6 Å². The number of rotatable bonds is 7. The molecule has 0 atom stereocenters. The van der Waals surface area contributed by atoms with Gasteiger partial charge in [-0.15, -0.1) is 0 Å². The minimum Gasteiger partial charge on any atom is -0.308 e. The van der Waals surface area contributed by atoms with Crippen molar-refractivity contribution < 1.29 is 17.6 Å². The molecule has 0 N–H and O–H groups in total. The van der Waals surface area contributed by atoms with E-state index in [1.807, 2.05) is 19.0 Å². The topological polar surface area (TPSA) is 70.6 Å². The largest absolute Gasteiger partial charge is 0.308 e. The van der Waals surface area contributed by atoms with E-state index in [1.54, 1.807) is 12.1 Å². The maximum absolute atomic E-state index is 14.0. The second kappa shape index (κ2) is 8.74. The van der Waals surface area contributed by atoms with Gasteiger partial charge in [-0.1, -0.05) is 29.0 Å². The van der Waals surface area contributed by atoms with Crippen LogP contribution < -0.4 is 4.90 Å². The number of aromatic nitrogens is 1. The summed E-state index contributed by atoms with van der Waals surface area (Å²) in [5.74, 6) is -1.83. The van der Waals surface area contributed by atoms with E-state index in [-0.39, 0.29) is 22.1 Å². The molecule has 0 unspecified atom stereocenters. The Morgan fingerprint density at radius 2 is 1.83 bits per heavy atom. The van der Waals surface area contributed by atoms with E-state index in [4.69, 9.17) is 11.6 Å². The Hall–Kier alpha value is -2.07. The highest BCUT2D eigenvalue weighted by Gasteiger charge is 2.27. The highest BCUT2D eigenvalue weighted by atomic mass is 35.5. The van der Waals surface area contributed by atoms with Crippen molar-refractivity contribution in [3.63, 3.8) is 0 Å². The van der Waals surface area contributed by atoms with Crippen LogP contribution in [0.25, 0.3) is 10.2 Å². The predicted molar refractivity (Wildman–Crippen MR) is 114 cm³/mol. The fourth-order valence-electron chi connectivity index (χ4n) is 2.61. The van der Waals surface area contributed by atoms with Gasteiger partial charge in [0.2, 0.25) is 5.91 Å². The van der Waals surface area contributed by atoms with Gasteiger partial charge in [0.05, 0.1) is 9.60 Å². The number of halogens is 2. The molecule has 3 rings (SSSR count). The first-order valence-electron chi connectivity index (χ1n) is 8.66. The van der Waals surface area contributed by atoms with Gasteiger partial charge in [-0.3, -0.25) is 9.69 Å². The number of fused-ring (bicyclic) bond motifs is 1. The summed E-state index contributed by atoms with van der Waals surface area (Å²) in [4.78, 5) is 20.4. The standard InChI is InChI=1S/C19H19ClFN3O3S2/c1-23(2)10-11-24(19-22-18-15(21)4-3-5-16(18)28-19)17(25)12-29(26,27)14-8-6-13(20)7-9-14/h3-9H,10-12H2,1-2H3. The number of hydrogen-bond acceptors (Lipinski definition) is 6. The summed E-state index contributed by atoms with van der Waals surface area (Å²) in [6.45, 7) is 0.717. The Balaban J connectivity index is 1.92. The molecule has 0 fully saturated rings. The first kappa shape index (κ1) is 21.6. The fourth-order valence-corrected chi connectivity index (χ4v) is 4.96. The van der Waals surface area contributed by atoms with E-state index < -0.39 is 27.3 Å². The Kier molecular flexibility index (Phi) is 6.52. The Labute approximate surface area is 177 Å². The lowest BCUT2D eigenvalue weighted by Crippen LogP contribution is -2.40. The number of carbonyl (C=O) groups excluding carboxylic acids is 1. The summed E-state index contributed by atoms with van der Waals surface area (Å²) in [5.41, 5.74) is 0.163. The van der Waals surface area contributed by atoms with Crippen LogP contribution in [0.1, 0.15) is 0 Å². The third kappa shape index (κ3) is 5.11. The number of sulfone groups is 1. The third-order valence-corrected chi connectivity index (χ3v) is 7.06. The molecule has 1 aromatic heterocycles. The lowest BCUT2D eigenvalue weighted by atomic mass is 10.3. The molecule has 2 aromatic carbocycles. The Morgan fingerprint density at radius 1 is 1.14 bits per heavy atom. The number of carbonyl (C=O) groups is 1.